The zero-order valence-corrected chi connectivity index (χ0v) is 16.2. The van der Waals surface area contributed by atoms with Crippen LogP contribution in [-0.4, -0.2) is 37.0 Å². The minimum Gasteiger partial charge on any atom is -0.492 e. The van der Waals surface area contributed by atoms with Crippen molar-refractivity contribution in [3.05, 3.63) is 57.7 Å². The first-order valence-electron chi connectivity index (χ1n) is 8.15. The molecule has 1 N–H and O–H groups in total. The van der Waals surface area contributed by atoms with Crippen LogP contribution in [0.15, 0.2) is 48.5 Å². The Bertz CT molecular complexity index is 655. The van der Waals surface area contributed by atoms with Gasteiger partial charge in [-0.3, -0.25) is 4.79 Å². The van der Waals surface area contributed by atoms with Gasteiger partial charge in [0, 0.05) is 15.8 Å². The summed E-state index contributed by atoms with van der Waals surface area (Å²) in [6.07, 6.45) is 0. The molecule has 0 aliphatic heterocycles. The molecule has 4 nitrogen and oxygen atoms in total. The first-order valence-corrected chi connectivity index (χ1v) is 9.23. The summed E-state index contributed by atoms with van der Waals surface area (Å²) in [6.45, 7) is 7.93. The molecule has 0 radical (unpaired) electrons. The van der Waals surface area contributed by atoms with E-state index in [0.29, 0.717) is 12.2 Å². The van der Waals surface area contributed by atoms with Gasteiger partial charge in [-0.25, -0.2) is 0 Å². The Morgan fingerprint density at radius 3 is 2.38 bits per heavy atom. The third kappa shape index (κ3) is 5.49. The Hall–Kier alpha value is -1.60. The third-order valence-corrected chi connectivity index (χ3v) is 4.74. The molecule has 5 heteroatoms. The summed E-state index contributed by atoms with van der Waals surface area (Å²) < 4.78 is 6.68. The number of carbonyl (C=O) groups excluding carboxylic acids is 1. The summed E-state index contributed by atoms with van der Waals surface area (Å²) in [7, 11) is 0. The fourth-order valence-electron chi connectivity index (χ4n) is 2.31. The van der Waals surface area contributed by atoms with E-state index in [0.717, 1.165) is 34.6 Å². The lowest BCUT2D eigenvalue weighted by Gasteiger charge is -2.18. The molecule has 0 spiro atoms. The van der Waals surface area contributed by atoms with E-state index >= 15 is 0 Å². The van der Waals surface area contributed by atoms with Gasteiger partial charge in [0.1, 0.15) is 12.4 Å². The van der Waals surface area contributed by atoms with Crippen LogP contribution in [0.4, 0.5) is 5.69 Å². The molecule has 0 unspecified atom stereocenters. The van der Waals surface area contributed by atoms with E-state index in [1.54, 1.807) is 0 Å². The van der Waals surface area contributed by atoms with Crippen LogP contribution < -0.4 is 10.1 Å². The minimum absolute atomic E-state index is 0.102. The molecule has 0 heterocycles. The van der Waals surface area contributed by atoms with Crippen LogP contribution in [0.25, 0.3) is 0 Å². The Morgan fingerprint density at radius 1 is 1.08 bits per heavy atom. The molecule has 0 saturated heterocycles. The van der Waals surface area contributed by atoms with Crippen LogP contribution in [0.5, 0.6) is 5.75 Å². The van der Waals surface area contributed by atoms with E-state index in [2.05, 4.69) is 46.7 Å². The molecule has 0 atom stereocenters. The zero-order chi connectivity index (χ0) is 17.4. The van der Waals surface area contributed by atoms with Gasteiger partial charge >= 0.3 is 0 Å². The molecule has 2 aromatic carbocycles. The van der Waals surface area contributed by atoms with Gasteiger partial charge in [0.05, 0.1) is 5.56 Å². The van der Waals surface area contributed by atoms with Crippen molar-refractivity contribution in [1.29, 1.82) is 0 Å². The Balaban J connectivity index is 1.88. The van der Waals surface area contributed by atoms with Crippen LogP contribution >= 0.6 is 22.6 Å². The van der Waals surface area contributed by atoms with Crippen molar-refractivity contribution in [3.8, 4) is 5.75 Å². The molecule has 0 aromatic heterocycles. The van der Waals surface area contributed by atoms with Gasteiger partial charge in [0.25, 0.3) is 5.91 Å². The number of nitrogens with zero attached hydrogens (tertiary/aromatic N) is 1. The summed E-state index contributed by atoms with van der Waals surface area (Å²) >= 11 is 2.17. The van der Waals surface area contributed by atoms with Gasteiger partial charge in [0.2, 0.25) is 0 Å². The molecule has 1 amide bonds. The van der Waals surface area contributed by atoms with Crippen molar-refractivity contribution in [1.82, 2.24) is 4.90 Å². The number of amides is 1. The van der Waals surface area contributed by atoms with Gasteiger partial charge in [-0.2, -0.15) is 0 Å². The summed E-state index contributed by atoms with van der Waals surface area (Å²) in [5.74, 6) is 0.713. The number of hydrogen-bond donors (Lipinski definition) is 1. The van der Waals surface area contributed by atoms with Crippen LogP contribution in [0.2, 0.25) is 0 Å². The highest BCUT2D eigenvalue weighted by atomic mass is 127. The Morgan fingerprint density at radius 2 is 1.75 bits per heavy atom. The average molecular weight is 438 g/mol. The first-order chi connectivity index (χ1) is 11.6. The molecule has 0 aliphatic rings. The standard InChI is InChI=1S/C19H23IN2O2/c1-3-22(4-2)13-14-24-16-11-9-15(10-12-16)21-19(23)17-7-5-6-8-18(17)20/h5-12H,3-4,13-14H2,1-2H3,(H,21,23). The molecule has 0 bridgehead atoms. The van der Waals surface area contributed by atoms with E-state index in [4.69, 9.17) is 4.74 Å². The number of nitrogens with one attached hydrogen (secondary N) is 1. The molecule has 24 heavy (non-hydrogen) atoms. The SMILES string of the molecule is CCN(CC)CCOc1ccc(NC(=O)c2ccccc2I)cc1. The number of likely N-dealkylation sites (N-methyl/N-ethyl adjacent to an activating group) is 1. The number of halogens is 1. The quantitative estimate of drug-likeness (QED) is 0.627. The zero-order valence-electron chi connectivity index (χ0n) is 14.1. The summed E-state index contributed by atoms with van der Waals surface area (Å²) in [5, 5.41) is 2.91. The molecule has 2 aromatic rings. The first kappa shape index (κ1) is 18.7. The highest BCUT2D eigenvalue weighted by Crippen LogP contribution is 2.18. The monoisotopic (exact) mass is 438 g/mol. The Labute approximate surface area is 157 Å². The van der Waals surface area contributed by atoms with Crippen molar-refractivity contribution in [2.24, 2.45) is 0 Å². The smallest absolute Gasteiger partial charge is 0.256 e. The average Bonchev–Trinajstić information content (AvgIpc) is 2.60. The number of anilines is 1. The van der Waals surface area contributed by atoms with E-state index in [1.807, 2.05) is 48.5 Å². The van der Waals surface area contributed by atoms with Gasteiger partial charge in [-0.1, -0.05) is 26.0 Å². The molecular weight excluding hydrogens is 415 g/mol. The van der Waals surface area contributed by atoms with E-state index in [-0.39, 0.29) is 5.91 Å². The maximum Gasteiger partial charge on any atom is 0.256 e. The van der Waals surface area contributed by atoms with Crippen LogP contribution in [0, 0.1) is 3.57 Å². The van der Waals surface area contributed by atoms with E-state index in [9.17, 15) is 4.79 Å². The normalized spacial score (nSPS) is 10.7. The van der Waals surface area contributed by atoms with Crippen LogP contribution in [0.1, 0.15) is 24.2 Å². The van der Waals surface area contributed by atoms with Gasteiger partial charge in [-0.05, 0) is 72.1 Å². The van der Waals surface area contributed by atoms with Crippen LogP contribution in [0.3, 0.4) is 0 Å². The third-order valence-electron chi connectivity index (χ3n) is 3.80. The number of rotatable bonds is 8. The summed E-state index contributed by atoms with van der Waals surface area (Å²) in [5.41, 5.74) is 1.44. The lowest BCUT2D eigenvalue weighted by atomic mass is 10.2. The van der Waals surface area contributed by atoms with Crippen molar-refractivity contribution in [2.45, 2.75) is 13.8 Å². The number of benzene rings is 2. The minimum atomic E-state index is -0.102. The fourth-order valence-corrected chi connectivity index (χ4v) is 2.94. The lowest BCUT2D eigenvalue weighted by molar-refractivity contribution is 0.102. The number of carbonyl (C=O) groups is 1. The van der Waals surface area contributed by atoms with E-state index < -0.39 is 0 Å². The number of ether oxygens (including phenoxy) is 1. The fraction of sp³-hybridized carbons (Fsp3) is 0.316. The highest BCUT2D eigenvalue weighted by Gasteiger charge is 2.09. The maximum absolute atomic E-state index is 12.3. The van der Waals surface area contributed by atoms with Gasteiger partial charge in [-0.15, -0.1) is 0 Å². The summed E-state index contributed by atoms with van der Waals surface area (Å²) in [6, 6.07) is 15.0. The highest BCUT2D eigenvalue weighted by molar-refractivity contribution is 14.1. The molecule has 0 saturated carbocycles. The molecule has 128 valence electrons. The van der Waals surface area contributed by atoms with Crippen molar-refractivity contribution in [3.63, 3.8) is 0 Å². The molecular formula is C19H23IN2O2. The van der Waals surface area contributed by atoms with Crippen molar-refractivity contribution in [2.75, 3.05) is 31.6 Å². The van der Waals surface area contributed by atoms with Gasteiger partial charge in [0.15, 0.2) is 0 Å². The lowest BCUT2D eigenvalue weighted by Crippen LogP contribution is -2.27. The number of hydrogen-bond acceptors (Lipinski definition) is 3. The van der Waals surface area contributed by atoms with Crippen molar-refractivity contribution < 1.29 is 9.53 Å². The predicted molar refractivity (Wildman–Crippen MR) is 107 cm³/mol. The topological polar surface area (TPSA) is 41.6 Å². The second-order valence-corrected chi connectivity index (χ2v) is 6.50. The maximum atomic E-state index is 12.3. The van der Waals surface area contributed by atoms with Gasteiger partial charge < -0.3 is 15.0 Å². The molecule has 0 fully saturated rings. The Kier molecular flexibility index (Phi) is 7.52. The second-order valence-electron chi connectivity index (χ2n) is 5.33. The molecule has 2 rings (SSSR count). The van der Waals surface area contributed by atoms with E-state index in [1.165, 1.54) is 0 Å². The van der Waals surface area contributed by atoms with Crippen molar-refractivity contribution >= 4 is 34.2 Å². The largest absolute Gasteiger partial charge is 0.492 e. The summed E-state index contributed by atoms with van der Waals surface area (Å²) in [4.78, 5) is 14.6. The predicted octanol–water partition coefficient (Wildman–Crippen LogP) is 4.26. The second kappa shape index (κ2) is 9.64. The van der Waals surface area contributed by atoms with Crippen LogP contribution in [-0.2, 0) is 0 Å². The molecule has 0 aliphatic carbocycles.